The normalized spacial score (nSPS) is 14.7. The van der Waals surface area contributed by atoms with E-state index in [2.05, 4.69) is 206 Å². The topological polar surface area (TPSA) is 3.24 Å². The molecule has 0 amide bonds. The van der Waals surface area contributed by atoms with Crippen molar-refractivity contribution in [3.05, 3.63) is 211 Å². The maximum atomic E-state index is 2.45. The third-order valence-corrected chi connectivity index (χ3v) is 12.1. The summed E-state index contributed by atoms with van der Waals surface area (Å²) in [6.45, 7) is 2.42. The van der Waals surface area contributed by atoms with Crippen LogP contribution < -0.4 is 4.90 Å². The van der Waals surface area contributed by atoms with E-state index in [0.29, 0.717) is 0 Å². The summed E-state index contributed by atoms with van der Waals surface area (Å²) >= 11 is 1.88. The van der Waals surface area contributed by atoms with Crippen molar-refractivity contribution in [3.8, 4) is 33.4 Å². The van der Waals surface area contributed by atoms with Crippen molar-refractivity contribution in [2.24, 2.45) is 0 Å². The zero-order valence-electron chi connectivity index (χ0n) is 28.8. The highest BCUT2D eigenvalue weighted by Gasteiger charge is 2.41. The van der Waals surface area contributed by atoms with Gasteiger partial charge in [-0.2, -0.15) is 0 Å². The molecule has 1 nitrogen and oxygen atoms in total. The van der Waals surface area contributed by atoms with E-state index in [9.17, 15) is 0 Å². The first-order valence-electron chi connectivity index (χ1n) is 17.9. The van der Waals surface area contributed by atoms with E-state index < -0.39 is 0 Å². The monoisotopic (exact) mass is 681 g/mol. The molecule has 1 atom stereocenters. The SMILES string of the molecule is CC1(c2ccc3sc4ccccc4c3c2)c2ccccc2-c2ccc(N(c3ccc(-c4ccccc4)cc3)c3ccc(-c4ccccc4)cc3)cc21. The van der Waals surface area contributed by atoms with Crippen molar-refractivity contribution in [3.63, 3.8) is 0 Å². The maximum absolute atomic E-state index is 2.45. The molecule has 0 bridgehead atoms. The number of rotatable bonds is 6. The van der Waals surface area contributed by atoms with Gasteiger partial charge in [0.05, 0.1) is 0 Å². The Labute approximate surface area is 308 Å². The van der Waals surface area contributed by atoms with Gasteiger partial charge in [-0.3, -0.25) is 0 Å². The summed E-state index contributed by atoms with van der Waals surface area (Å²) in [5.74, 6) is 0. The summed E-state index contributed by atoms with van der Waals surface area (Å²) in [4.78, 5) is 2.41. The van der Waals surface area contributed by atoms with Crippen LogP contribution in [0.2, 0.25) is 0 Å². The second kappa shape index (κ2) is 12.2. The van der Waals surface area contributed by atoms with E-state index in [1.807, 2.05) is 11.3 Å². The number of hydrogen-bond acceptors (Lipinski definition) is 2. The van der Waals surface area contributed by atoms with Crippen LogP contribution >= 0.6 is 11.3 Å². The van der Waals surface area contributed by atoms with Crippen molar-refractivity contribution in [2.45, 2.75) is 12.3 Å². The molecule has 0 saturated heterocycles. The second-order valence-corrected chi connectivity index (χ2v) is 15.0. The highest BCUT2D eigenvalue weighted by molar-refractivity contribution is 7.25. The van der Waals surface area contributed by atoms with Crippen LogP contribution in [0.15, 0.2) is 194 Å². The zero-order valence-corrected chi connectivity index (χ0v) is 29.6. The molecule has 1 aliphatic carbocycles. The third-order valence-electron chi connectivity index (χ3n) is 11.0. The molecule has 1 unspecified atom stereocenters. The Bertz CT molecular complexity index is 2640. The Morgan fingerprint density at radius 1 is 0.385 bits per heavy atom. The van der Waals surface area contributed by atoms with Crippen LogP contribution in [0.5, 0.6) is 0 Å². The number of benzene rings is 8. The quantitative estimate of drug-likeness (QED) is 0.169. The smallest absolute Gasteiger partial charge is 0.0465 e. The molecule has 0 aliphatic heterocycles. The molecule has 0 radical (unpaired) electrons. The molecule has 246 valence electrons. The molecule has 8 aromatic carbocycles. The average Bonchev–Trinajstić information content (AvgIpc) is 3.72. The molecule has 0 saturated carbocycles. The fraction of sp³-hybridized carbons (Fsp3) is 0.0400. The van der Waals surface area contributed by atoms with E-state index in [-0.39, 0.29) is 5.41 Å². The summed E-state index contributed by atoms with van der Waals surface area (Å²) in [5, 5.41) is 2.66. The molecule has 52 heavy (non-hydrogen) atoms. The minimum Gasteiger partial charge on any atom is -0.310 e. The molecule has 2 heteroatoms. The van der Waals surface area contributed by atoms with Crippen LogP contribution in [-0.2, 0) is 5.41 Å². The molecule has 0 spiro atoms. The van der Waals surface area contributed by atoms with Gasteiger partial charge in [0.25, 0.3) is 0 Å². The van der Waals surface area contributed by atoms with E-state index in [0.717, 1.165) is 17.1 Å². The molecule has 10 rings (SSSR count). The van der Waals surface area contributed by atoms with Gasteiger partial charge < -0.3 is 4.90 Å². The minimum atomic E-state index is -0.334. The molecule has 0 fully saturated rings. The summed E-state index contributed by atoms with van der Waals surface area (Å²) < 4.78 is 2.67. The lowest BCUT2D eigenvalue weighted by Crippen LogP contribution is -2.23. The lowest BCUT2D eigenvalue weighted by Gasteiger charge is -2.31. The van der Waals surface area contributed by atoms with Crippen molar-refractivity contribution in [2.75, 3.05) is 4.90 Å². The van der Waals surface area contributed by atoms with Crippen LogP contribution in [0.1, 0.15) is 23.6 Å². The largest absolute Gasteiger partial charge is 0.310 e. The van der Waals surface area contributed by atoms with Crippen LogP contribution in [0.25, 0.3) is 53.6 Å². The van der Waals surface area contributed by atoms with Crippen LogP contribution in [0, 0.1) is 0 Å². The van der Waals surface area contributed by atoms with Crippen molar-refractivity contribution in [1.82, 2.24) is 0 Å². The number of thiophene rings is 1. The van der Waals surface area contributed by atoms with E-state index in [4.69, 9.17) is 0 Å². The predicted molar refractivity (Wildman–Crippen MR) is 222 cm³/mol. The molecule has 1 heterocycles. The molecule has 9 aromatic rings. The standard InChI is InChI=1S/C50H35NS/c1-50(38-24-31-49-45(32-38)44-17-9-11-19-48(44)52-49)46-18-10-8-16-42(46)43-30-29-41(33-47(43)50)51(39-25-20-36(21-26-39)34-12-4-2-5-13-34)40-27-22-37(23-28-40)35-14-6-3-7-15-35/h2-33H,1H3. The number of anilines is 3. The van der Waals surface area contributed by atoms with Crippen molar-refractivity contribution in [1.29, 1.82) is 0 Å². The van der Waals surface area contributed by atoms with Gasteiger partial charge in [-0.05, 0) is 112 Å². The van der Waals surface area contributed by atoms with Crippen LogP contribution in [0.4, 0.5) is 17.1 Å². The molecule has 0 N–H and O–H groups in total. The fourth-order valence-corrected chi connectivity index (χ4v) is 9.37. The van der Waals surface area contributed by atoms with Gasteiger partial charge in [0.15, 0.2) is 0 Å². The third kappa shape index (κ3) is 4.91. The zero-order chi connectivity index (χ0) is 34.6. The van der Waals surface area contributed by atoms with E-state index in [1.165, 1.54) is 70.2 Å². The number of fused-ring (bicyclic) bond motifs is 6. The van der Waals surface area contributed by atoms with Crippen LogP contribution in [0.3, 0.4) is 0 Å². The van der Waals surface area contributed by atoms with Crippen molar-refractivity contribution >= 4 is 48.6 Å². The number of hydrogen-bond donors (Lipinski definition) is 0. The Morgan fingerprint density at radius 3 is 1.58 bits per heavy atom. The summed E-state index contributed by atoms with van der Waals surface area (Å²) in [6, 6.07) is 71.2. The Morgan fingerprint density at radius 2 is 0.904 bits per heavy atom. The lowest BCUT2D eigenvalue weighted by molar-refractivity contribution is 0.715. The Hall–Kier alpha value is -6.22. The van der Waals surface area contributed by atoms with E-state index in [1.54, 1.807) is 0 Å². The first kappa shape index (κ1) is 30.6. The van der Waals surface area contributed by atoms with Gasteiger partial charge >= 0.3 is 0 Å². The molecule has 1 aromatic heterocycles. The minimum absolute atomic E-state index is 0.334. The van der Waals surface area contributed by atoms with Gasteiger partial charge in [-0.25, -0.2) is 0 Å². The lowest BCUT2D eigenvalue weighted by atomic mass is 9.74. The first-order valence-corrected chi connectivity index (χ1v) is 18.7. The fourth-order valence-electron chi connectivity index (χ4n) is 8.28. The van der Waals surface area contributed by atoms with E-state index >= 15 is 0 Å². The molecular formula is C50H35NS. The first-order chi connectivity index (χ1) is 25.6. The summed E-state index contributed by atoms with van der Waals surface area (Å²) in [5.41, 5.74) is 14.5. The summed E-state index contributed by atoms with van der Waals surface area (Å²) in [6.07, 6.45) is 0. The molecular weight excluding hydrogens is 647 g/mol. The summed E-state index contributed by atoms with van der Waals surface area (Å²) in [7, 11) is 0. The predicted octanol–water partition coefficient (Wildman–Crippen LogP) is 14.2. The van der Waals surface area contributed by atoms with Crippen LogP contribution in [-0.4, -0.2) is 0 Å². The second-order valence-electron chi connectivity index (χ2n) is 13.9. The highest BCUT2D eigenvalue weighted by Crippen LogP contribution is 2.54. The van der Waals surface area contributed by atoms with Gasteiger partial charge in [-0.15, -0.1) is 11.3 Å². The van der Waals surface area contributed by atoms with Gasteiger partial charge in [0.2, 0.25) is 0 Å². The number of nitrogens with zero attached hydrogens (tertiary/aromatic N) is 1. The Kier molecular flexibility index (Phi) is 7.19. The molecule has 1 aliphatic rings. The maximum Gasteiger partial charge on any atom is 0.0465 e. The van der Waals surface area contributed by atoms with Gasteiger partial charge in [0, 0.05) is 42.6 Å². The van der Waals surface area contributed by atoms with Crippen molar-refractivity contribution < 1.29 is 0 Å². The van der Waals surface area contributed by atoms with Gasteiger partial charge in [0.1, 0.15) is 0 Å². The van der Waals surface area contributed by atoms with Gasteiger partial charge in [-0.1, -0.05) is 140 Å². The average molecular weight is 682 g/mol. The highest BCUT2D eigenvalue weighted by atomic mass is 32.1. The Balaban J connectivity index is 1.14.